The maximum absolute atomic E-state index is 12.0. The first kappa shape index (κ1) is 17.1. The normalized spacial score (nSPS) is 10.6. The van der Waals surface area contributed by atoms with Crippen molar-refractivity contribution in [2.45, 2.75) is 13.0 Å². The molecule has 0 saturated carbocycles. The number of amides is 1. The van der Waals surface area contributed by atoms with Crippen LogP contribution in [0.2, 0.25) is 0 Å². The molecule has 0 aromatic heterocycles. The second-order valence-corrected chi connectivity index (χ2v) is 6.45. The van der Waals surface area contributed by atoms with Crippen molar-refractivity contribution in [3.8, 4) is 5.75 Å². The van der Waals surface area contributed by atoms with Crippen LogP contribution in [0.1, 0.15) is 5.56 Å². The largest absolute Gasteiger partial charge is 0.435 e. The molecule has 0 atom stereocenters. The Hall–Kier alpha value is -1.22. The summed E-state index contributed by atoms with van der Waals surface area (Å²) in [7, 11) is 0. The van der Waals surface area contributed by atoms with Crippen molar-refractivity contribution < 1.29 is 18.3 Å². The Morgan fingerprint density at radius 3 is 2.50 bits per heavy atom. The van der Waals surface area contributed by atoms with Crippen LogP contribution in [0.4, 0.5) is 14.5 Å². The summed E-state index contributed by atoms with van der Waals surface area (Å²) in [5, 5.41) is 2.81. The maximum atomic E-state index is 12.0. The molecule has 0 unspecified atom stereocenters. The number of ether oxygens (including phenoxy) is 1. The quantitative estimate of drug-likeness (QED) is 0.621. The molecule has 0 heterocycles. The molecule has 0 aliphatic carbocycles. The minimum Gasteiger partial charge on any atom is -0.435 e. The molecule has 0 bridgehead atoms. The van der Waals surface area contributed by atoms with Crippen molar-refractivity contribution in [3.63, 3.8) is 0 Å². The zero-order valence-corrected chi connectivity index (χ0v) is 14.9. The van der Waals surface area contributed by atoms with Crippen LogP contribution in [-0.2, 0) is 11.2 Å². The van der Waals surface area contributed by atoms with Crippen molar-refractivity contribution >= 4 is 50.1 Å². The maximum Gasteiger partial charge on any atom is 0.387 e. The van der Waals surface area contributed by atoms with Gasteiger partial charge in [0.2, 0.25) is 5.91 Å². The van der Waals surface area contributed by atoms with E-state index < -0.39 is 6.61 Å². The molecule has 0 aliphatic rings. The Morgan fingerprint density at radius 2 is 1.91 bits per heavy atom. The highest BCUT2D eigenvalue weighted by molar-refractivity contribution is 14.1. The topological polar surface area (TPSA) is 38.3 Å². The van der Waals surface area contributed by atoms with Gasteiger partial charge in [-0.05, 0) is 58.5 Å². The second kappa shape index (κ2) is 7.87. The smallest absolute Gasteiger partial charge is 0.387 e. The number of hydrogen-bond acceptors (Lipinski definition) is 2. The minimum absolute atomic E-state index is 0.0709. The van der Waals surface area contributed by atoms with Gasteiger partial charge in [0.1, 0.15) is 5.75 Å². The molecule has 22 heavy (non-hydrogen) atoms. The molecule has 0 saturated heterocycles. The summed E-state index contributed by atoms with van der Waals surface area (Å²) in [4.78, 5) is 12.0. The SMILES string of the molecule is O=C(Cc1ccc(OC(F)F)cc1)Nc1ccc(Br)cc1I. The molecular formula is C15H11BrF2INO2. The molecule has 1 N–H and O–H groups in total. The number of hydrogen-bond donors (Lipinski definition) is 1. The average molecular weight is 482 g/mol. The Bertz CT molecular complexity index is 665. The Kier molecular flexibility index (Phi) is 6.13. The van der Waals surface area contributed by atoms with Crippen molar-refractivity contribution in [1.29, 1.82) is 0 Å². The molecule has 0 aliphatic heterocycles. The highest BCUT2D eigenvalue weighted by Crippen LogP contribution is 2.23. The molecule has 2 rings (SSSR count). The van der Waals surface area contributed by atoms with Crippen LogP contribution in [0.25, 0.3) is 0 Å². The van der Waals surface area contributed by atoms with Crippen molar-refractivity contribution in [3.05, 3.63) is 56.1 Å². The monoisotopic (exact) mass is 481 g/mol. The number of benzene rings is 2. The molecule has 3 nitrogen and oxygen atoms in total. The highest BCUT2D eigenvalue weighted by Gasteiger charge is 2.08. The number of nitrogens with one attached hydrogen (secondary N) is 1. The van der Waals surface area contributed by atoms with E-state index in [-0.39, 0.29) is 18.1 Å². The van der Waals surface area contributed by atoms with Gasteiger partial charge in [0.05, 0.1) is 12.1 Å². The summed E-state index contributed by atoms with van der Waals surface area (Å²) >= 11 is 5.49. The van der Waals surface area contributed by atoms with Crippen LogP contribution in [0, 0.1) is 3.57 Å². The van der Waals surface area contributed by atoms with Gasteiger partial charge in [-0.15, -0.1) is 0 Å². The molecule has 116 valence electrons. The third-order valence-corrected chi connectivity index (χ3v) is 4.10. The Balaban J connectivity index is 1.97. The summed E-state index contributed by atoms with van der Waals surface area (Å²) < 4.78 is 30.2. The lowest BCUT2D eigenvalue weighted by atomic mass is 10.1. The van der Waals surface area contributed by atoms with E-state index in [4.69, 9.17) is 0 Å². The van der Waals surface area contributed by atoms with Gasteiger partial charge in [-0.2, -0.15) is 8.78 Å². The lowest BCUT2D eigenvalue weighted by Gasteiger charge is -2.09. The van der Waals surface area contributed by atoms with E-state index >= 15 is 0 Å². The van der Waals surface area contributed by atoms with Gasteiger partial charge in [0.15, 0.2) is 0 Å². The number of alkyl halides is 2. The van der Waals surface area contributed by atoms with Crippen LogP contribution in [0.15, 0.2) is 46.9 Å². The van der Waals surface area contributed by atoms with E-state index in [1.807, 2.05) is 18.2 Å². The fraction of sp³-hybridized carbons (Fsp3) is 0.133. The molecule has 2 aromatic rings. The van der Waals surface area contributed by atoms with Gasteiger partial charge in [-0.3, -0.25) is 4.79 Å². The van der Waals surface area contributed by atoms with Crippen LogP contribution in [0.5, 0.6) is 5.75 Å². The third-order valence-electron chi connectivity index (χ3n) is 2.72. The van der Waals surface area contributed by atoms with Gasteiger partial charge in [-0.25, -0.2) is 0 Å². The fourth-order valence-electron chi connectivity index (χ4n) is 1.76. The Morgan fingerprint density at radius 1 is 1.23 bits per heavy atom. The molecule has 1 amide bonds. The van der Waals surface area contributed by atoms with E-state index in [1.165, 1.54) is 12.1 Å². The highest BCUT2D eigenvalue weighted by atomic mass is 127. The first-order valence-corrected chi connectivity index (χ1v) is 8.10. The standard InChI is InChI=1S/C15H11BrF2INO2/c16-10-3-6-13(12(19)8-10)20-14(21)7-9-1-4-11(5-2-9)22-15(17)18/h1-6,8,15H,7H2,(H,20,21). The zero-order chi connectivity index (χ0) is 16.1. The number of carbonyl (C=O) groups excluding carboxylic acids is 1. The van der Waals surface area contributed by atoms with E-state index in [1.54, 1.807) is 12.1 Å². The van der Waals surface area contributed by atoms with Crippen molar-refractivity contribution in [2.75, 3.05) is 5.32 Å². The number of carbonyl (C=O) groups is 1. The molecule has 0 radical (unpaired) electrons. The summed E-state index contributed by atoms with van der Waals surface area (Å²) in [5.41, 5.74) is 1.44. The van der Waals surface area contributed by atoms with E-state index in [9.17, 15) is 13.6 Å². The van der Waals surface area contributed by atoms with E-state index in [0.717, 1.165) is 13.7 Å². The first-order chi connectivity index (χ1) is 10.4. The third kappa shape index (κ3) is 5.20. The predicted molar refractivity (Wildman–Crippen MR) is 92.3 cm³/mol. The van der Waals surface area contributed by atoms with Crippen LogP contribution >= 0.6 is 38.5 Å². The van der Waals surface area contributed by atoms with Gasteiger partial charge in [0, 0.05) is 8.04 Å². The molecule has 0 fully saturated rings. The lowest BCUT2D eigenvalue weighted by molar-refractivity contribution is -0.115. The Labute approximate surface area is 148 Å². The first-order valence-electron chi connectivity index (χ1n) is 6.22. The van der Waals surface area contributed by atoms with E-state index in [0.29, 0.717) is 5.56 Å². The van der Waals surface area contributed by atoms with Gasteiger partial charge >= 0.3 is 6.61 Å². The zero-order valence-electron chi connectivity index (χ0n) is 11.2. The summed E-state index contributed by atoms with van der Waals surface area (Å²) in [6.07, 6.45) is 0.154. The van der Waals surface area contributed by atoms with Crippen LogP contribution < -0.4 is 10.1 Å². The minimum atomic E-state index is -2.85. The lowest BCUT2D eigenvalue weighted by Crippen LogP contribution is -2.15. The van der Waals surface area contributed by atoms with Crippen LogP contribution in [-0.4, -0.2) is 12.5 Å². The number of rotatable bonds is 5. The predicted octanol–water partition coefficient (Wildman–Crippen LogP) is 4.84. The summed E-state index contributed by atoms with van der Waals surface area (Å²) in [5.74, 6) is -0.107. The van der Waals surface area contributed by atoms with Gasteiger partial charge in [-0.1, -0.05) is 28.1 Å². The molecular weight excluding hydrogens is 471 g/mol. The summed E-state index contributed by atoms with van der Waals surface area (Å²) in [6, 6.07) is 11.5. The average Bonchev–Trinajstić information content (AvgIpc) is 2.43. The van der Waals surface area contributed by atoms with Crippen LogP contribution in [0.3, 0.4) is 0 Å². The molecule has 0 spiro atoms. The fourth-order valence-corrected chi connectivity index (χ4v) is 3.20. The van der Waals surface area contributed by atoms with Gasteiger partial charge < -0.3 is 10.1 Å². The summed E-state index contributed by atoms with van der Waals surface area (Å²) in [6.45, 7) is -2.85. The van der Waals surface area contributed by atoms with Crippen molar-refractivity contribution in [2.24, 2.45) is 0 Å². The second-order valence-electron chi connectivity index (χ2n) is 4.37. The van der Waals surface area contributed by atoms with Crippen molar-refractivity contribution in [1.82, 2.24) is 0 Å². The number of anilines is 1. The molecule has 7 heteroatoms. The van der Waals surface area contributed by atoms with Gasteiger partial charge in [0.25, 0.3) is 0 Å². The van der Waals surface area contributed by atoms with E-state index in [2.05, 4.69) is 48.6 Å². The number of halogens is 4. The molecule has 2 aromatic carbocycles.